The largest absolute Gasteiger partial charge is 0.386 e. The Morgan fingerprint density at radius 2 is 1.35 bits per heavy atom. The number of nitrogens with one attached hydrogen (secondary N) is 1. The molecule has 2 atom stereocenters. The Kier molecular flexibility index (Phi) is 4.32. The van der Waals surface area contributed by atoms with Gasteiger partial charge < -0.3 is 10.4 Å². The number of hydrogen-bond donors (Lipinski definition) is 3. The average Bonchev–Trinajstić information content (AvgIpc) is 2.62. The molecule has 0 amide bonds. The van der Waals surface area contributed by atoms with Crippen LogP contribution in [0, 0.1) is 0 Å². The van der Waals surface area contributed by atoms with Crippen molar-refractivity contribution in [3.8, 4) is 0 Å². The fraction of sp³-hybridized carbons (Fsp3) is 0.111. The van der Waals surface area contributed by atoms with E-state index in [0.717, 1.165) is 5.56 Å². The van der Waals surface area contributed by atoms with Gasteiger partial charge in [-0.25, -0.2) is 0 Å². The molecule has 0 spiro atoms. The number of hydrogen-bond acceptors (Lipinski definition) is 5. The molecule has 0 aliphatic carbocycles. The van der Waals surface area contributed by atoms with Crippen molar-refractivity contribution in [3.05, 3.63) is 92.2 Å². The summed E-state index contributed by atoms with van der Waals surface area (Å²) < 4.78 is 0. The number of aliphatic hydroxyl groups excluding tert-OH is 1. The van der Waals surface area contributed by atoms with E-state index in [1.165, 1.54) is 0 Å². The predicted molar refractivity (Wildman–Crippen MR) is 92.8 cm³/mol. The zero-order valence-electron chi connectivity index (χ0n) is 12.1. The summed E-state index contributed by atoms with van der Waals surface area (Å²) >= 11 is 4.04. The Morgan fingerprint density at radius 1 is 0.826 bits per heavy atom. The van der Waals surface area contributed by atoms with Gasteiger partial charge in [0.05, 0.1) is 10.9 Å². The van der Waals surface area contributed by atoms with Crippen molar-refractivity contribution in [2.45, 2.75) is 17.0 Å². The molecular weight excluding hydrogens is 310 g/mol. The van der Waals surface area contributed by atoms with Gasteiger partial charge in [-0.3, -0.25) is 9.59 Å². The molecule has 116 valence electrons. The first-order chi connectivity index (χ1) is 11.1. The molecule has 0 aromatic heterocycles. The highest BCUT2D eigenvalue weighted by Gasteiger charge is 2.27. The number of thiol groups is 1. The zero-order chi connectivity index (χ0) is 16.4. The molecule has 23 heavy (non-hydrogen) atoms. The molecule has 3 aromatic carbocycles. The van der Waals surface area contributed by atoms with Crippen molar-refractivity contribution in [1.82, 2.24) is 0 Å². The first kappa shape index (κ1) is 15.5. The third kappa shape index (κ3) is 2.93. The molecule has 0 radical (unpaired) electrons. The lowest BCUT2D eigenvalue weighted by atomic mass is 9.95. The highest BCUT2D eigenvalue weighted by Crippen LogP contribution is 2.32. The second-order valence-electron chi connectivity index (χ2n) is 5.27. The maximum absolute atomic E-state index is 11.7. The van der Waals surface area contributed by atoms with Gasteiger partial charge in [0, 0.05) is 0 Å². The van der Waals surface area contributed by atoms with E-state index in [2.05, 4.69) is 17.9 Å². The Hall–Kier alpha value is -2.37. The van der Waals surface area contributed by atoms with E-state index in [1.807, 2.05) is 60.7 Å². The van der Waals surface area contributed by atoms with E-state index < -0.39 is 23.0 Å². The van der Waals surface area contributed by atoms with Crippen LogP contribution >= 0.6 is 12.6 Å². The van der Waals surface area contributed by atoms with E-state index in [4.69, 9.17) is 0 Å². The van der Waals surface area contributed by atoms with Crippen LogP contribution in [-0.4, -0.2) is 5.11 Å². The van der Waals surface area contributed by atoms with Crippen molar-refractivity contribution >= 4 is 18.3 Å². The molecule has 2 N–H and O–H groups in total. The molecule has 3 aromatic rings. The second-order valence-corrected chi connectivity index (χ2v) is 5.72. The van der Waals surface area contributed by atoms with Crippen LogP contribution in [0.3, 0.4) is 0 Å². The van der Waals surface area contributed by atoms with Crippen LogP contribution in [0.15, 0.2) is 75.1 Å². The molecule has 3 rings (SSSR count). The minimum absolute atomic E-state index is 0.108. The second kappa shape index (κ2) is 6.40. The summed E-state index contributed by atoms with van der Waals surface area (Å²) in [5.41, 5.74) is 0.480. The van der Waals surface area contributed by atoms with Crippen LogP contribution in [0.25, 0.3) is 0 Å². The van der Waals surface area contributed by atoms with Crippen molar-refractivity contribution in [2.24, 2.45) is 0 Å². The number of aliphatic hydroxyl groups is 1. The van der Waals surface area contributed by atoms with Crippen LogP contribution in [0.1, 0.15) is 23.3 Å². The molecule has 5 heteroatoms. The third-order valence-corrected chi connectivity index (χ3v) is 4.23. The Labute approximate surface area is 138 Å². The highest BCUT2D eigenvalue weighted by molar-refractivity contribution is 7.80. The molecule has 0 heterocycles. The molecule has 0 saturated carbocycles. The van der Waals surface area contributed by atoms with Gasteiger partial charge in [-0.05, 0) is 11.1 Å². The SMILES string of the molecule is O=c1c(S)c(N[C@H](c2ccccc2)[C@@H](O)c2ccccc2)c1=O. The quantitative estimate of drug-likeness (QED) is 0.498. The first-order valence-electron chi connectivity index (χ1n) is 7.16. The van der Waals surface area contributed by atoms with Gasteiger partial charge in [0.25, 0.3) is 5.43 Å². The van der Waals surface area contributed by atoms with E-state index in [0.29, 0.717) is 5.56 Å². The van der Waals surface area contributed by atoms with Crippen molar-refractivity contribution in [3.63, 3.8) is 0 Å². The molecule has 0 aliphatic rings. The molecular formula is C18H15NO3S. The third-order valence-electron chi connectivity index (χ3n) is 3.80. The summed E-state index contributed by atoms with van der Waals surface area (Å²) in [6, 6.07) is 17.9. The van der Waals surface area contributed by atoms with Gasteiger partial charge in [-0.15, -0.1) is 12.6 Å². The Morgan fingerprint density at radius 3 is 1.87 bits per heavy atom. The summed E-state index contributed by atoms with van der Waals surface area (Å²) in [7, 11) is 0. The zero-order valence-corrected chi connectivity index (χ0v) is 13.0. The highest BCUT2D eigenvalue weighted by atomic mass is 32.1. The molecule has 0 bridgehead atoms. The molecule has 0 saturated heterocycles. The monoisotopic (exact) mass is 325 g/mol. The van der Waals surface area contributed by atoms with Crippen LogP contribution in [0.5, 0.6) is 0 Å². The van der Waals surface area contributed by atoms with Gasteiger partial charge in [-0.1, -0.05) is 60.7 Å². The Bertz CT molecular complexity index is 870. The van der Waals surface area contributed by atoms with Crippen molar-refractivity contribution in [1.29, 1.82) is 0 Å². The van der Waals surface area contributed by atoms with Crippen LogP contribution in [0.4, 0.5) is 5.69 Å². The van der Waals surface area contributed by atoms with E-state index in [-0.39, 0.29) is 10.6 Å². The minimum atomic E-state index is -0.879. The number of rotatable bonds is 5. The van der Waals surface area contributed by atoms with Gasteiger partial charge in [-0.2, -0.15) is 0 Å². The lowest BCUT2D eigenvalue weighted by Crippen LogP contribution is -2.37. The predicted octanol–water partition coefficient (Wildman–Crippen LogP) is 2.46. The van der Waals surface area contributed by atoms with Gasteiger partial charge in [0.15, 0.2) is 0 Å². The fourth-order valence-corrected chi connectivity index (χ4v) is 2.78. The summed E-state index contributed by atoms with van der Waals surface area (Å²) in [6.07, 6.45) is -0.879. The fourth-order valence-electron chi connectivity index (χ4n) is 2.52. The van der Waals surface area contributed by atoms with Gasteiger partial charge in [0.1, 0.15) is 11.8 Å². The summed E-state index contributed by atoms with van der Waals surface area (Å²) in [5, 5.41) is 13.7. The smallest absolute Gasteiger partial charge is 0.251 e. The molecule has 0 unspecified atom stereocenters. The molecule has 0 aliphatic heterocycles. The summed E-state index contributed by atoms with van der Waals surface area (Å²) in [5.74, 6) is 0. The Balaban J connectivity index is 1.98. The van der Waals surface area contributed by atoms with E-state index in [9.17, 15) is 14.7 Å². The average molecular weight is 325 g/mol. The lowest BCUT2D eigenvalue weighted by Gasteiger charge is -2.26. The van der Waals surface area contributed by atoms with Gasteiger partial charge in [0.2, 0.25) is 5.43 Å². The van der Waals surface area contributed by atoms with Gasteiger partial charge >= 0.3 is 0 Å². The van der Waals surface area contributed by atoms with Crippen LogP contribution < -0.4 is 16.2 Å². The maximum Gasteiger partial charge on any atom is 0.251 e. The topological polar surface area (TPSA) is 66.4 Å². The lowest BCUT2D eigenvalue weighted by molar-refractivity contribution is 0.154. The summed E-state index contributed by atoms with van der Waals surface area (Å²) in [6.45, 7) is 0. The van der Waals surface area contributed by atoms with Crippen molar-refractivity contribution in [2.75, 3.05) is 5.32 Å². The summed E-state index contributed by atoms with van der Waals surface area (Å²) in [4.78, 5) is 23.1. The molecule has 0 fully saturated rings. The van der Waals surface area contributed by atoms with Crippen LogP contribution in [-0.2, 0) is 0 Å². The van der Waals surface area contributed by atoms with Crippen LogP contribution in [0.2, 0.25) is 0 Å². The maximum atomic E-state index is 11.7. The number of benzene rings is 2. The normalized spacial score (nSPS) is 13.7. The van der Waals surface area contributed by atoms with Crippen molar-refractivity contribution < 1.29 is 5.11 Å². The van der Waals surface area contributed by atoms with E-state index in [1.54, 1.807) is 0 Å². The first-order valence-corrected chi connectivity index (χ1v) is 7.61. The minimum Gasteiger partial charge on any atom is -0.386 e. The number of anilines is 1. The standard InChI is InChI=1S/C18H15NO3S/c20-15(12-9-5-2-6-10-12)13(11-7-3-1-4-8-11)19-14-16(21)17(22)18(14)23/h1-10,13,15,19-20,23H/t13-,15+/m1/s1. The van der Waals surface area contributed by atoms with E-state index >= 15 is 0 Å². The molecule has 4 nitrogen and oxygen atoms in total.